The zero-order valence-corrected chi connectivity index (χ0v) is 32.2. The number of urea groups is 1. The number of rotatable bonds is 19. The minimum absolute atomic E-state index is 0.0624. The van der Waals surface area contributed by atoms with Crippen LogP contribution in [0.4, 0.5) is 16.2 Å². The van der Waals surface area contributed by atoms with Gasteiger partial charge in [-0.1, -0.05) is 37.1 Å². The number of hydroxylamine groups is 1. The maximum absolute atomic E-state index is 13.2. The Hall–Kier alpha value is -6.62. The molecule has 2 aliphatic heterocycles. The van der Waals surface area contributed by atoms with E-state index >= 15 is 0 Å². The van der Waals surface area contributed by atoms with Crippen LogP contribution in [0.5, 0.6) is 5.75 Å². The first-order valence-corrected chi connectivity index (χ1v) is 19.4. The van der Waals surface area contributed by atoms with Crippen molar-refractivity contribution in [2.45, 2.75) is 84.0 Å². The van der Waals surface area contributed by atoms with E-state index in [9.17, 15) is 28.8 Å². The molecule has 3 aromatic carbocycles. The van der Waals surface area contributed by atoms with E-state index in [-0.39, 0.29) is 30.0 Å². The number of carbonyl (C=O) groups excluding carboxylic acids is 6. The Bertz CT molecular complexity index is 2120. The molecule has 1 fully saturated rings. The highest BCUT2D eigenvalue weighted by molar-refractivity contribution is 6.23. The number of aryl methyl sites for hydroxylation is 1. The molecule has 0 saturated carbocycles. The highest BCUT2D eigenvalue weighted by Gasteiger charge is 2.44. The van der Waals surface area contributed by atoms with Gasteiger partial charge in [-0.05, 0) is 92.3 Å². The molecule has 0 radical (unpaired) electrons. The van der Waals surface area contributed by atoms with Gasteiger partial charge in [0.05, 0.1) is 30.5 Å². The van der Waals surface area contributed by atoms with Crippen molar-refractivity contribution in [3.8, 4) is 5.75 Å². The highest BCUT2D eigenvalue weighted by atomic mass is 16.5. The van der Waals surface area contributed by atoms with Gasteiger partial charge in [0.2, 0.25) is 11.8 Å². The molecular weight excluding hydrogens is 747 g/mol. The van der Waals surface area contributed by atoms with E-state index in [1.165, 1.54) is 0 Å². The molecule has 0 bridgehead atoms. The van der Waals surface area contributed by atoms with Crippen LogP contribution in [0.1, 0.15) is 101 Å². The quantitative estimate of drug-likeness (QED) is 0.0373. The number of carbonyl (C=O) groups is 6. The van der Waals surface area contributed by atoms with E-state index in [1.807, 2.05) is 30.5 Å². The van der Waals surface area contributed by atoms with Gasteiger partial charge in [-0.15, -0.1) is 5.10 Å². The van der Waals surface area contributed by atoms with Crippen LogP contribution < -0.4 is 26.2 Å². The summed E-state index contributed by atoms with van der Waals surface area (Å²) >= 11 is 0. The third-order valence-electron chi connectivity index (χ3n) is 9.92. The van der Waals surface area contributed by atoms with Gasteiger partial charge in [0.25, 0.3) is 17.7 Å². The molecule has 0 aliphatic carbocycles. The molecular formula is C41H47N9O8. The summed E-state index contributed by atoms with van der Waals surface area (Å²) in [6.07, 6.45) is 7.55. The number of nitrogens with zero attached hydrogens (tertiary/aromatic N) is 5. The first kappa shape index (κ1) is 41.0. The molecule has 2 aliphatic rings. The molecule has 0 spiro atoms. The molecule has 3 heterocycles. The van der Waals surface area contributed by atoms with Gasteiger partial charge in [-0.25, -0.2) is 10.3 Å². The van der Waals surface area contributed by atoms with Gasteiger partial charge >= 0.3 is 6.03 Å². The number of imide groups is 2. The number of hydrogen-bond donors (Lipinski definition) is 5. The summed E-state index contributed by atoms with van der Waals surface area (Å²) in [5.41, 5.74) is 5.20. The number of nitrogens with one attached hydrogen (secondary N) is 4. The number of unbranched alkanes of at least 4 members (excludes halogenated alkanes) is 4. The fraction of sp³-hybridized carbons (Fsp3) is 0.366. The molecule has 1 unspecified atom stereocenters. The second kappa shape index (κ2) is 19.5. The van der Waals surface area contributed by atoms with Gasteiger partial charge < -0.3 is 20.3 Å². The second-order valence-corrected chi connectivity index (χ2v) is 14.2. The van der Waals surface area contributed by atoms with E-state index in [4.69, 9.17) is 9.94 Å². The zero-order chi connectivity index (χ0) is 41.0. The van der Waals surface area contributed by atoms with Crippen LogP contribution in [-0.2, 0) is 29.2 Å². The van der Waals surface area contributed by atoms with Gasteiger partial charge in [0.1, 0.15) is 17.5 Å². The fourth-order valence-corrected chi connectivity index (χ4v) is 6.71. The number of hydrogen-bond acceptors (Lipinski definition) is 11. The topological polar surface area (TPSA) is 217 Å². The van der Waals surface area contributed by atoms with E-state index in [2.05, 4.69) is 33.2 Å². The lowest BCUT2D eigenvalue weighted by molar-refractivity contribution is -0.136. The first-order chi connectivity index (χ1) is 28.1. The molecule has 58 heavy (non-hydrogen) atoms. The van der Waals surface area contributed by atoms with Crippen molar-refractivity contribution >= 4 is 46.9 Å². The van der Waals surface area contributed by atoms with Gasteiger partial charge in [0.15, 0.2) is 0 Å². The number of benzene rings is 3. The molecule has 7 amide bonds. The van der Waals surface area contributed by atoms with Gasteiger partial charge in [-0.3, -0.25) is 44.1 Å². The minimum atomic E-state index is -1.01. The van der Waals surface area contributed by atoms with Gasteiger partial charge in [-0.2, -0.15) is 0 Å². The molecule has 4 aromatic rings. The standard InChI is InChI=1S/C41H47N9O8/c1-2-3-20-48(25-27-8-10-28(11-9-27)37(52)46-57)41(56)43-29-12-15-32(16-13-29)58-22-7-5-4-6-21-49-26-31(45-47-49)24-42-30-14-17-33-34(23-30)40(55)50(39(33)54)35-18-19-36(51)44-38(35)53/h8-17,23,26,35,42,57H,2-7,18-22,24-25H2,1H3,(H,43,56)(H,46,52)(H,44,51,53). The third kappa shape index (κ3) is 10.4. The Balaban J connectivity index is 0.866. The molecule has 304 valence electrons. The molecule has 17 nitrogen and oxygen atoms in total. The maximum atomic E-state index is 13.2. The normalized spacial score (nSPS) is 14.9. The predicted molar refractivity (Wildman–Crippen MR) is 211 cm³/mol. The van der Waals surface area contributed by atoms with Crippen LogP contribution in [-0.4, -0.2) is 84.8 Å². The summed E-state index contributed by atoms with van der Waals surface area (Å²) in [5.74, 6) is -2.05. The number of piperidine rings is 1. The summed E-state index contributed by atoms with van der Waals surface area (Å²) in [6, 6.07) is 17.6. The van der Waals surface area contributed by atoms with Crippen LogP contribution in [0.25, 0.3) is 0 Å². The lowest BCUT2D eigenvalue weighted by Crippen LogP contribution is -2.54. The molecule has 6 rings (SSSR count). The lowest BCUT2D eigenvalue weighted by Gasteiger charge is -2.27. The zero-order valence-electron chi connectivity index (χ0n) is 32.2. The maximum Gasteiger partial charge on any atom is 0.322 e. The molecule has 1 aromatic heterocycles. The van der Waals surface area contributed by atoms with E-state index in [0.29, 0.717) is 61.2 Å². The number of fused-ring (bicyclic) bond motifs is 1. The van der Waals surface area contributed by atoms with Crippen molar-refractivity contribution in [1.29, 1.82) is 0 Å². The highest BCUT2D eigenvalue weighted by Crippen LogP contribution is 2.30. The number of ether oxygens (including phenoxy) is 1. The van der Waals surface area contributed by atoms with Crippen molar-refractivity contribution in [2.24, 2.45) is 0 Å². The molecule has 1 saturated heterocycles. The number of amides is 7. The van der Waals surface area contributed by atoms with Crippen LogP contribution in [0, 0.1) is 0 Å². The Morgan fingerprint density at radius 1 is 0.914 bits per heavy atom. The SMILES string of the molecule is CCCCN(Cc1ccc(C(=O)NO)cc1)C(=O)Nc1ccc(OCCCCCCn2cc(CNc3ccc4c(c3)C(=O)N(C3CCC(=O)NC3=O)C4=O)nn2)cc1. The summed E-state index contributed by atoms with van der Waals surface area (Å²) in [6.45, 7) is 4.63. The van der Waals surface area contributed by atoms with Crippen molar-refractivity contribution < 1.29 is 38.7 Å². The van der Waals surface area contributed by atoms with Crippen molar-refractivity contribution in [2.75, 3.05) is 23.8 Å². The smallest absolute Gasteiger partial charge is 0.322 e. The monoisotopic (exact) mass is 793 g/mol. The van der Waals surface area contributed by atoms with Crippen LogP contribution in [0.2, 0.25) is 0 Å². The van der Waals surface area contributed by atoms with E-state index in [0.717, 1.165) is 49.0 Å². The Morgan fingerprint density at radius 3 is 2.40 bits per heavy atom. The average molecular weight is 794 g/mol. The average Bonchev–Trinajstić information content (AvgIpc) is 3.79. The minimum Gasteiger partial charge on any atom is -0.494 e. The third-order valence-corrected chi connectivity index (χ3v) is 9.92. The van der Waals surface area contributed by atoms with E-state index < -0.39 is 35.6 Å². The van der Waals surface area contributed by atoms with E-state index in [1.54, 1.807) is 57.5 Å². The van der Waals surface area contributed by atoms with Crippen molar-refractivity contribution in [3.05, 3.63) is 101 Å². The molecule has 1 atom stereocenters. The largest absolute Gasteiger partial charge is 0.494 e. The Morgan fingerprint density at radius 2 is 1.66 bits per heavy atom. The Labute approximate surface area is 335 Å². The lowest BCUT2D eigenvalue weighted by atomic mass is 10.0. The summed E-state index contributed by atoms with van der Waals surface area (Å²) in [5, 5.41) is 25.7. The van der Waals surface area contributed by atoms with Crippen LogP contribution >= 0.6 is 0 Å². The summed E-state index contributed by atoms with van der Waals surface area (Å²) in [4.78, 5) is 77.4. The van der Waals surface area contributed by atoms with Gasteiger partial charge in [0, 0.05) is 43.0 Å². The number of aromatic nitrogens is 3. The summed E-state index contributed by atoms with van der Waals surface area (Å²) in [7, 11) is 0. The van der Waals surface area contributed by atoms with Crippen LogP contribution in [0.15, 0.2) is 72.9 Å². The first-order valence-electron chi connectivity index (χ1n) is 19.4. The molecule has 5 N–H and O–H groups in total. The second-order valence-electron chi connectivity index (χ2n) is 14.2. The summed E-state index contributed by atoms with van der Waals surface area (Å²) < 4.78 is 7.71. The van der Waals surface area contributed by atoms with Crippen molar-refractivity contribution in [3.63, 3.8) is 0 Å². The molecule has 17 heteroatoms. The number of anilines is 2. The van der Waals surface area contributed by atoms with Crippen molar-refractivity contribution in [1.82, 2.24) is 35.6 Å². The fourth-order valence-electron chi connectivity index (χ4n) is 6.71. The van der Waals surface area contributed by atoms with Crippen LogP contribution in [0.3, 0.4) is 0 Å². The Kier molecular flexibility index (Phi) is 13.8. The predicted octanol–water partition coefficient (Wildman–Crippen LogP) is 4.88.